The van der Waals surface area contributed by atoms with E-state index in [1.165, 1.54) is 10.9 Å². The molecule has 12 heteroatoms. The van der Waals surface area contributed by atoms with E-state index in [9.17, 15) is 4.79 Å². The van der Waals surface area contributed by atoms with Crippen molar-refractivity contribution in [2.75, 3.05) is 28.9 Å². The Kier molecular flexibility index (Phi) is 3.77. The third-order valence-corrected chi connectivity index (χ3v) is 6.31. The summed E-state index contributed by atoms with van der Waals surface area (Å²) in [7, 11) is 1.74. The molecule has 2 saturated heterocycles. The quantitative estimate of drug-likeness (QED) is 0.624. The van der Waals surface area contributed by atoms with Gasteiger partial charge in [0.1, 0.15) is 18.7 Å². The van der Waals surface area contributed by atoms with Gasteiger partial charge in [0.2, 0.25) is 5.89 Å². The Labute approximate surface area is 175 Å². The zero-order valence-corrected chi connectivity index (χ0v) is 16.7. The van der Waals surface area contributed by atoms with E-state index in [0.717, 1.165) is 18.8 Å². The van der Waals surface area contributed by atoms with Crippen LogP contribution in [0.4, 0.5) is 17.3 Å². The number of hydrazine groups is 2. The maximum absolute atomic E-state index is 12.7. The molecule has 6 heterocycles. The number of rotatable bonds is 4. The van der Waals surface area contributed by atoms with E-state index >= 15 is 0 Å². The number of halogens is 1. The van der Waals surface area contributed by atoms with Crippen molar-refractivity contribution in [3.8, 4) is 0 Å². The first kappa shape index (κ1) is 17.7. The van der Waals surface area contributed by atoms with E-state index in [2.05, 4.69) is 36.0 Å². The smallest absolute Gasteiger partial charge is 0.281 e. The number of nitrogens with one attached hydrogen (secondary N) is 2. The van der Waals surface area contributed by atoms with Gasteiger partial charge in [-0.05, 0) is 24.5 Å². The number of fused-ring (bicyclic) bond motifs is 2. The van der Waals surface area contributed by atoms with Crippen LogP contribution in [0.2, 0.25) is 5.02 Å². The lowest BCUT2D eigenvalue weighted by Gasteiger charge is -2.34. The summed E-state index contributed by atoms with van der Waals surface area (Å²) in [5, 5.41) is 6.47. The Morgan fingerprint density at radius 1 is 1.37 bits per heavy atom. The molecule has 3 aliphatic heterocycles. The number of hydrogen-bond donors (Lipinski definition) is 2. The second-order valence-corrected chi connectivity index (χ2v) is 8.23. The van der Waals surface area contributed by atoms with Crippen molar-refractivity contribution in [2.45, 2.75) is 24.9 Å². The molecule has 11 nitrogen and oxygen atoms in total. The predicted octanol–water partition coefficient (Wildman–Crippen LogP) is 0.997. The number of nitrogens with zero attached hydrogens (tertiary/aromatic N) is 7. The molecule has 3 aromatic heterocycles. The van der Waals surface area contributed by atoms with Crippen LogP contribution in [0.1, 0.15) is 24.1 Å². The molecule has 7 rings (SSSR count). The van der Waals surface area contributed by atoms with Crippen LogP contribution in [0, 0.1) is 5.92 Å². The summed E-state index contributed by atoms with van der Waals surface area (Å²) in [6.07, 6.45) is 4.27. The molecule has 1 aliphatic carbocycles. The van der Waals surface area contributed by atoms with Gasteiger partial charge >= 0.3 is 0 Å². The summed E-state index contributed by atoms with van der Waals surface area (Å²) in [6, 6.07) is 3.94. The van der Waals surface area contributed by atoms with Crippen molar-refractivity contribution in [1.29, 1.82) is 0 Å². The third kappa shape index (κ3) is 2.58. The fourth-order valence-corrected chi connectivity index (χ4v) is 4.76. The van der Waals surface area contributed by atoms with E-state index in [4.69, 9.17) is 16.1 Å². The highest BCUT2D eigenvalue weighted by molar-refractivity contribution is 6.30. The van der Waals surface area contributed by atoms with E-state index in [0.29, 0.717) is 34.2 Å². The lowest BCUT2D eigenvalue weighted by molar-refractivity contribution is 0.284. The summed E-state index contributed by atoms with van der Waals surface area (Å²) >= 11 is 6.13. The van der Waals surface area contributed by atoms with Gasteiger partial charge in [0, 0.05) is 36.8 Å². The second-order valence-electron chi connectivity index (χ2n) is 7.79. The average molecular weight is 428 g/mol. The molecule has 4 aliphatic rings. The number of pyridine rings is 1. The topological polar surface area (TPSA) is 117 Å². The van der Waals surface area contributed by atoms with Gasteiger partial charge in [0.15, 0.2) is 17.3 Å². The summed E-state index contributed by atoms with van der Waals surface area (Å²) in [5.41, 5.74) is 5.91. The Morgan fingerprint density at radius 2 is 2.27 bits per heavy atom. The van der Waals surface area contributed by atoms with E-state index in [1.807, 2.05) is 6.07 Å². The van der Waals surface area contributed by atoms with Crippen molar-refractivity contribution >= 4 is 28.9 Å². The van der Waals surface area contributed by atoms with Crippen LogP contribution in [0.25, 0.3) is 0 Å². The standard InChI is InChI=1S/C18H18ClN9O2/c1-26-15-17(23-25-26)21-8-27(18(15)29)7-13-22-16(24-30-13)14-9-4-11(14)28(6-9)12-5-10(19)2-3-20-12/h2-3,5,8-9,11,14,23,25H,4,6-7H2,1H3/t9-,11?,14-/m0/s1. The first-order chi connectivity index (χ1) is 14.6. The molecule has 154 valence electrons. The highest BCUT2D eigenvalue weighted by atomic mass is 35.5. The minimum Gasteiger partial charge on any atom is -0.353 e. The third-order valence-electron chi connectivity index (χ3n) is 6.08. The van der Waals surface area contributed by atoms with Gasteiger partial charge in [-0.3, -0.25) is 19.8 Å². The van der Waals surface area contributed by atoms with Crippen molar-refractivity contribution in [3.05, 3.63) is 51.7 Å². The van der Waals surface area contributed by atoms with Gasteiger partial charge in [0.25, 0.3) is 5.56 Å². The van der Waals surface area contributed by atoms with Gasteiger partial charge in [-0.15, -0.1) is 5.53 Å². The summed E-state index contributed by atoms with van der Waals surface area (Å²) in [6.45, 7) is 1.06. The van der Waals surface area contributed by atoms with Gasteiger partial charge in [0.05, 0.1) is 0 Å². The maximum Gasteiger partial charge on any atom is 0.281 e. The first-order valence-electron chi connectivity index (χ1n) is 9.64. The van der Waals surface area contributed by atoms with Crippen LogP contribution >= 0.6 is 11.6 Å². The van der Waals surface area contributed by atoms with Crippen molar-refractivity contribution in [1.82, 2.24) is 30.2 Å². The van der Waals surface area contributed by atoms with Crippen molar-refractivity contribution in [3.63, 3.8) is 0 Å². The molecule has 1 saturated carbocycles. The van der Waals surface area contributed by atoms with Crippen LogP contribution in [0.5, 0.6) is 0 Å². The minimum atomic E-state index is -0.193. The Hall–Kier alpha value is -3.18. The summed E-state index contributed by atoms with van der Waals surface area (Å²) in [4.78, 5) is 28.3. The van der Waals surface area contributed by atoms with Crippen molar-refractivity contribution in [2.24, 2.45) is 5.92 Å². The number of anilines is 3. The monoisotopic (exact) mass is 427 g/mol. The fraction of sp³-hybridized carbons (Fsp3) is 0.389. The lowest BCUT2D eigenvalue weighted by atomic mass is 9.73. The minimum absolute atomic E-state index is 0.168. The zero-order chi connectivity index (χ0) is 20.4. The van der Waals surface area contributed by atoms with Crippen molar-refractivity contribution < 1.29 is 4.52 Å². The van der Waals surface area contributed by atoms with Crippen LogP contribution in [-0.4, -0.2) is 44.3 Å². The first-order valence-corrected chi connectivity index (χ1v) is 10.0. The lowest BCUT2D eigenvalue weighted by Crippen LogP contribution is -2.38. The molecule has 30 heavy (non-hydrogen) atoms. The highest BCUT2D eigenvalue weighted by Crippen LogP contribution is 2.52. The number of hydrogen-bond acceptors (Lipinski definition) is 10. The van der Waals surface area contributed by atoms with Gasteiger partial charge in [-0.1, -0.05) is 16.8 Å². The molecular formula is C18H18ClN9O2. The molecule has 0 radical (unpaired) electrons. The molecule has 2 bridgehead atoms. The average Bonchev–Trinajstić information content (AvgIpc) is 3.48. The normalized spacial score (nSPS) is 24.0. The van der Waals surface area contributed by atoms with E-state index in [1.54, 1.807) is 24.3 Å². The molecule has 2 N–H and O–H groups in total. The molecule has 3 aromatic rings. The van der Waals surface area contributed by atoms with E-state index < -0.39 is 0 Å². The molecule has 0 amide bonds. The summed E-state index contributed by atoms with van der Waals surface area (Å²) in [5.74, 6) is 3.08. The Balaban J connectivity index is 1.22. The molecule has 3 atom stereocenters. The molecule has 3 fully saturated rings. The molecule has 0 spiro atoms. The SMILES string of the molecule is CN1NNc2ncn(Cc3nc([C@@H]4C5C[C@H]4CN5c4cc(Cl)ccn4)no3)c(=O)c21. The Bertz CT molecular complexity index is 1190. The highest BCUT2D eigenvalue weighted by Gasteiger charge is 2.55. The second kappa shape index (κ2) is 6.41. The van der Waals surface area contributed by atoms with Gasteiger partial charge in [-0.25, -0.2) is 9.97 Å². The Morgan fingerprint density at radius 3 is 3.13 bits per heavy atom. The maximum atomic E-state index is 12.7. The summed E-state index contributed by atoms with van der Waals surface area (Å²) < 4.78 is 6.92. The molecule has 1 unspecified atom stereocenters. The van der Waals surface area contributed by atoms with E-state index in [-0.39, 0.29) is 24.1 Å². The van der Waals surface area contributed by atoms with Gasteiger partial charge < -0.3 is 9.42 Å². The largest absolute Gasteiger partial charge is 0.353 e. The van der Waals surface area contributed by atoms with Crippen LogP contribution in [-0.2, 0) is 6.54 Å². The number of aromatic nitrogens is 5. The zero-order valence-electron chi connectivity index (χ0n) is 16.0. The van der Waals surface area contributed by atoms with Gasteiger partial charge in [-0.2, -0.15) is 4.98 Å². The fourth-order valence-electron chi connectivity index (χ4n) is 4.61. The van der Waals surface area contributed by atoms with Crippen LogP contribution < -0.4 is 26.4 Å². The van der Waals surface area contributed by atoms with Crippen LogP contribution in [0.15, 0.2) is 34.0 Å². The van der Waals surface area contributed by atoms with Crippen LogP contribution in [0.3, 0.4) is 0 Å². The molecular weight excluding hydrogens is 410 g/mol. The molecule has 0 aromatic carbocycles. The predicted molar refractivity (Wildman–Crippen MR) is 108 cm³/mol.